The van der Waals surface area contributed by atoms with Crippen LogP contribution in [-0.2, 0) is 18.5 Å². The first-order chi connectivity index (χ1) is 3.81. The highest BCUT2D eigenvalue weighted by molar-refractivity contribution is 7.33. The maximum atomic E-state index is 10.1. The fourth-order valence-electron chi connectivity index (χ4n) is 0.102. The Morgan fingerprint density at radius 3 is 2.75 bits per heavy atom. The lowest BCUT2D eigenvalue weighted by Gasteiger charge is -1.77. The molecule has 0 aromatic rings. The van der Waals surface area contributed by atoms with Crippen molar-refractivity contribution in [2.75, 3.05) is 7.11 Å². The van der Waals surface area contributed by atoms with E-state index in [0.29, 0.717) is 0 Å². The molecule has 46 valence electrons. The summed E-state index contributed by atoms with van der Waals surface area (Å²) in [5, 5.41) is 0. The van der Waals surface area contributed by atoms with Gasteiger partial charge in [0.15, 0.2) is 0 Å². The summed E-state index contributed by atoms with van der Waals surface area (Å²) in [4.78, 5) is 9.41. The number of rotatable bonds is 4. The molecular formula is C2H5NO4P+. The number of amides is 1. The lowest BCUT2D eigenvalue weighted by Crippen LogP contribution is -2.05. The minimum Gasteiger partial charge on any atom is -0.276 e. The lowest BCUT2D eigenvalue weighted by atomic mass is 11.5. The van der Waals surface area contributed by atoms with E-state index in [-0.39, 0.29) is 6.41 Å². The van der Waals surface area contributed by atoms with Crippen LogP contribution >= 0.6 is 8.25 Å². The standard InChI is InChI=1S/C2H4NO4P/c1-6-8(5)7-3-2-4/h2H,1H3/p+1. The van der Waals surface area contributed by atoms with Gasteiger partial charge in [0.25, 0.3) is 0 Å². The SMILES string of the molecule is CO[P+](=O)ONC=O. The molecule has 1 unspecified atom stereocenters. The molecule has 0 aliphatic carbocycles. The molecule has 0 aliphatic rings. The van der Waals surface area contributed by atoms with Gasteiger partial charge in [0.1, 0.15) is 0 Å². The van der Waals surface area contributed by atoms with E-state index in [4.69, 9.17) is 0 Å². The molecule has 1 N–H and O–H groups in total. The van der Waals surface area contributed by atoms with E-state index in [1.165, 1.54) is 7.11 Å². The Morgan fingerprint density at radius 2 is 2.38 bits per heavy atom. The van der Waals surface area contributed by atoms with Crippen LogP contribution in [0.4, 0.5) is 0 Å². The summed E-state index contributed by atoms with van der Waals surface area (Å²) in [6.07, 6.45) is 0.256. The highest BCUT2D eigenvalue weighted by Gasteiger charge is 2.15. The Hall–Kier alpha value is -0.510. The molecule has 5 nitrogen and oxygen atoms in total. The van der Waals surface area contributed by atoms with Gasteiger partial charge in [-0.3, -0.25) is 4.79 Å². The molecule has 0 rings (SSSR count). The van der Waals surface area contributed by atoms with Gasteiger partial charge in [0.05, 0.1) is 7.11 Å². The maximum absolute atomic E-state index is 10.1. The van der Waals surface area contributed by atoms with Gasteiger partial charge in [-0.2, -0.15) is 5.48 Å². The van der Waals surface area contributed by atoms with Crippen LogP contribution in [0.15, 0.2) is 0 Å². The average molecular weight is 138 g/mol. The van der Waals surface area contributed by atoms with Crippen LogP contribution < -0.4 is 5.48 Å². The first-order valence-electron chi connectivity index (χ1n) is 1.68. The van der Waals surface area contributed by atoms with Gasteiger partial charge in [-0.05, 0) is 0 Å². The molecule has 0 saturated heterocycles. The normalized spacial score (nSPS) is 10.4. The fraction of sp³-hybridized carbons (Fsp3) is 0.500. The highest BCUT2D eigenvalue weighted by atomic mass is 31.1. The van der Waals surface area contributed by atoms with Crippen LogP contribution in [0.1, 0.15) is 0 Å². The molecule has 1 atom stereocenters. The van der Waals surface area contributed by atoms with E-state index in [0.717, 1.165) is 0 Å². The molecule has 1 amide bonds. The first kappa shape index (κ1) is 7.49. The Bertz CT molecular complexity index is 94.0. The highest BCUT2D eigenvalue weighted by Crippen LogP contribution is 2.18. The summed E-state index contributed by atoms with van der Waals surface area (Å²) in [7, 11) is -0.977. The van der Waals surface area contributed by atoms with Crippen molar-refractivity contribution < 1.29 is 18.5 Å². The Labute approximate surface area is 46.9 Å². The zero-order valence-electron chi connectivity index (χ0n) is 4.16. The van der Waals surface area contributed by atoms with Gasteiger partial charge >= 0.3 is 8.25 Å². The van der Waals surface area contributed by atoms with Gasteiger partial charge in [0, 0.05) is 9.19 Å². The number of hydroxylamine groups is 1. The molecule has 0 saturated carbocycles. The molecule has 0 bridgehead atoms. The average Bonchev–Trinajstić information content (AvgIpc) is 1.83. The van der Waals surface area contributed by atoms with Crippen LogP contribution in [0.5, 0.6) is 0 Å². The molecule has 0 fully saturated rings. The van der Waals surface area contributed by atoms with Gasteiger partial charge in [-0.25, -0.2) is 0 Å². The first-order valence-corrected chi connectivity index (χ1v) is 2.78. The lowest BCUT2D eigenvalue weighted by molar-refractivity contribution is -0.115. The van der Waals surface area contributed by atoms with Gasteiger partial charge in [-0.15, -0.1) is 4.52 Å². The Kier molecular flexibility index (Phi) is 4.35. The second-order valence-electron chi connectivity index (χ2n) is 0.733. The largest absolute Gasteiger partial charge is 0.721 e. The van der Waals surface area contributed by atoms with Crippen molar-refractivity contribution in [3.8, 4) is 0 Å². The number of carbonyl (C=O) groups excluding carboxylic acids is 1. The maximum Gasteiger partial charge on any atom is 0.721 e. The molecule has 6 heteroatoms. The number of hydrogen-bond acceptors (Lipinski definition) is 4. The van der Waals surface area contributed by atoms with E-state index in [1.807, 2.05) is 0 Å². The van der Waals surface area contributed by atoms with Crippen LogP contribution in [0.25, 0.3) is 0 Å². The topological polar surface area (TPSA) is 64.6 Å². The summed E-state index contributed by atoms with van der Waals surface area (Å²) < 4.78 is 18.2. The predicted octanol–water partition coefficient (Wildman–Crippen LogP) is -0.0322. The summed E-state index contributed by atoms with van der Waals surface area (Å²) in [6, 6.07) is 0. The van der Waals surface area contributed by atoms with E-state index >= 15 is 0 Å². The third-order valence-corrected chi connectivity index (χ3v) is 0.877. The zero-order valence-corrected chi connectivity index (χ0v) is 5.05. The summed E-state index contributed by atoms with van der Waals surface area (Å²) in [5.74, 6) is 0. The van der Waals surface area contributed by atoms with Crippen molar-refractivity contribution in [3.05, 3.63) is 0 Å². The van der Waals surface area contributed by atoms with Gasteiger partial charge in [-0.1, -0.05) is 0 Å². The smallest absolute Gasteiger partial charge is 0.276 e. The van der Waals surface area contributed by atoms with Crippen LogP contribution in [0.2, 0.25) is 0 Å². The van der Waals surface area contributed by atoms with E-state index in [9.17, 15) is 9.36 Å². The molecule has 0 spiro atoms. The molecule has 0 heterocycles. The number of carbonyl (C=O) groups is 1. The van der Waals surface area contributed by atoms with Crippen molar-refractivity contribution in [2.45, 2.75) is 0 Å². The number of nitrogens with one attached hydrogen (secondary N) is 1. The Balaban J connectivity index is 3.11. The summed E-state index contributed by atoms with van der Waals surface area (Å²) in [6.45, 7) is 0. The second-order valence-corrected chi connectivity index (χ2v) is 1.73. The predicted molar refractivity (Wildman–Crippen MR) is 24.9 cm³/mol. The molecule has 0 radical (unpaired) electrons. The van der Waals surface area contributed by atoms with Gasteiger partial charge < -0.3 is 0 Å². The summed E-state index contributed by atoms with van der Waals surface area (Å²) >= 11 is 0. The Morgan fingerprint density at radius 1 is 1.75 bits per heavy atom. The zero-order chi connectivity index (χ0) is 6.41. The van der Waals surface area contributed by atoms with Crippen LogP contribution in [0.3, 0.4) is 0 Å². The monoisotopic (exact) mass is 138 g/mol. The molecule has 8 heavy (non-hydrogen) atoms. The third kappa shape index (κ3) is 3.67. The van der Waals surface area contributed by atoms with Crippen molar-refractivity contribution in [3.63, 3.8) is 0 Å². The minimum absolute atomic E-state index is 0.256. The third-order valence-electron chi connectivity index (χ3n) is 0.324. The van der Waals surface area contributed by atoms with E-state index < -0.39 is 8.25 Å². The summed E-state index contributed by atoms with van der Waals surface area (Å²) in [5.41, 5.74) is 1.71. The molecule has 0 aromatic heterocycles. The van der Waals surface area contributed by atoms with Crippen LogP contribution in [-0.4, -0.2) is 13.5 Å². The van der Waals surface area contributed by atoms with E-state index in [2.05, 4.69) is 9.15 Å². The van der Waals surface area contributed by atoms with Crippen molar-refractivity contribution in [1.82, 2.24) is 5.48 Å². The molecule has 0 aliphatic heterocycles. The fourth-order valence-corrected chi connectivity index (χ4v) is 0.305. The van der Waals surface area contributed by atoms with Crippen molar-refractivity contribution in [2.24, 2.45) is 0 Å². The molecule has 0 aromatic carbocycles. The van der Waals surface area contributed by atoms with Crippen molar-refractivity contribution in [1.29, 1.82) is 0 Å². The van der Waals surface area contributed by atoms with Gasteiger partial charge in [0.2, 0.25) is 6.41 Å². The van der Waals surface area contributed by atoms with Crippen molar-refractivity contribution >= 4 is 14.7 Å². The minimum atomic E-state index is -2.18. The van der Waals surface area contributed by atoms with E-state index in [1.54, 1.807) is 5.48 Å². The number of hydrogen-bond donors (Lipinski definition) is 1. The molecular weight excluding hydrogens is 133 g/mol. The second kappa shape index (κ2) is 4.64. The van der Waals surface area contributed by atoms with Crippen LogP contribution in [0, 0.1) is 0 Å². The quantitative estimate of drug-likeness (QED) is 0.336.